The van der Waals surface area contributed by atoms with Gasteiger partial charge in [-0.1, -0.05) is 0 Å². The van der Waals surface area contributed by atoms with Gasteiger partial charge in [0.1, 0.15) is 0 Å². The van der Waals surface area contributed by atoms with E-state index in [1.807, 2.05) is 0 Å². The second kappa shape index (κ2) is 6.38. The van der Waals surface area contributed by atoms with Crippen molar-refractivity contribution in [3.63, 3.8) is 0 Å². The smallest absolute Gasteiger partial charge is 0.230 e. The summed E-state index contributed by atoms with van der Waals surface area (Å²) in [4.78, 5) is 17.7. The number of aromatic nitrogens is 7. The lowest BCUT2D eigenvalue weighted by atomic mass is 10.4. The molecule has 2 aliphatic heterocycles. The molecule has 0 bridgehead atoms. The zero-order valence-corrected chi connectivity index (χ0v) is 12.5. The van der Waals surface area contributed by atoms with Gasteiger partial charge in [-0.15, -0.1) is 0 Å². The predicted octanol–water partition coefficient (Wildman–Crippen LogP) is -1.65. The van der Waals surface area contributed by atoms with E-state index in [1.165, 1.54) is 0 Å². The van der Waals surface area contributed by atoms with Crippen molar-refractivity contribution in [3.05, 3.63) is 0 Å². The van der Waals surface area contributed by atoms with Crippen LogP contribution < -0.4 is 14.9 Å². The molecule has 0 spiro atoms. The predicted molar refractivity (Wildman–Crippen MR) is 78.0 cm³/mol. The fraction of sp³-hybridized carbons (Fsp3) is 0.667. The number of tetrazole rings is 1. The first kappa shape index (κ1) is 14.2. The van der Waals surface area contributed by atoms with Crippen molar-refractivity contribution in [1.29, 1.82) is 0 Å². The third kappa shape index (κ3) is 3.05. The first-order valence-electron chi connectivity index (χ1n) is 7.51. The largest absolute Gasteiger partial charge is 0.378 e. The second-order valence-corrected chi connectivity index (χ2v) is 5.16. The van der Waals surface area contributed by atoms with E-state index in [0.29, 0.717) is 50.0 Å². The minimum atomic E-state index is 0.302. The van der Waals surface area contributed by atoms with E-state index >= 15 is 0 Å². The lowest BCUT2D eigenvalue weighted by Gasteiger charge is -2.30. The summed E-state index contributed by atoms with van der Waals surface area (Å²) in [6.07, 6.45) is 0. The van der Waals surface area contributed by atoms with Crippen molar-refractivity contribution in [2.45, 2.75) is 0 Å². The number of hydrogen-bond acceptors (Lipinski definition) is 10. The summed E-state index contributed by atoms with van der Waals surface area (Å²) in [5.41, 5.74) is 0. The van der Waals surface area contributed by atoms with E-state index in [1.54, 1.807) is 0 Å². The van der Waals surface area contributed by atoms with Crippen LogP contribution >= 0.6 is 0 Å². The van der Waals surface area contributed by atoms with Gasteiger partial charge in [0.15, 0.2) is 5.82 Å². The quantitative estimate of drug-likeness (QED) is 0.648. The molecule has 2 fully saturated rings. The Morgan fingerprint density at radius 3 is 1.83 bits per heavy atom. The molecule has 2 aromatic rings. The standard InChI is InChI=1S/C12H16N9O2/c1-5-22-6-2-20(1)11-13-9(10-16-18-19-17-10)14-12(15-11)21-3-7-23-8-4-21/h1-8H2/q-1. The van der Waals surface area contributed by atoms with Crippen molar-refractivity contribution in [2.75, 3.05) is 62.4 Å². The van der Waals surface area contributed by atoms with Gasteiger partial charge >= 0.3 is 0 Å². The summed E-state index contributed by atoms with van der Waals surface area (Å²) in [5, 5.41) is 14.7. The van der Waals surface area contributed by atoms with Crippen LogP contribution in [-0.4, -0.2) is 83.1 Å². The van der Waals surface area contributed by atoms with E-state index in [9.17, 15) is 0 Å². The normalized spacial score (nSPS) is 19.1. The molecule has 11 nitrogen and oxygen atoms in total. The van der Waals surface area contributed by atoms with Crippen molar-refractivity contribution < 1.29 is 9.47 Å². The van der Waals surface area contributed by atoms with Crippen molar-refractivity contribution in [3.8, 4) is 11.6 Å². The van der Waals surface area contributed by atoms with Crippen LogP contribution in [0.4, 0.5) is 11.9 Å². The minimum Gasteiger partial charge on any atom is -0.378 e. The van der Waals surface area contributed by atoms with Crippen molar-refractivity contribution in [2.24, 2.45) is 0 Å². The van der Waals surface area contributed by atoms with Gasteiger partial charge in [0.05, 0.1) is 32.3 Å². The molecule has 0 unspecified atom stereocenters. The van der Waals surface area contributed by atoms with Gasteiger partial charge in [0.25, 0.3) is 0 Å². The summed E-state index contributed by atoms with van der Waals surface area (Å²) >= 11 is 0. The van der Waals surface area contributed by atoms with Crippen LogP contribution in [0, 0.1) is 0 Å². The Kier molecular flexibility index (Phi) is 3.94. The molecular formula is C12H16N9O2-. The van der Waals surface area contributed by atoms with Crippen molar-refractivity contribution >= 4 is 11.9 Å². The SMILES string of the molecule is C1CN(c2nc(-c3nnn[n-]3)nc(N3CCOCC3)n2)CCO1. The van der Waals surface area contributed by atoms with E-state index in [0.717, 1.165) is 26.2 Å². The maximum Gasteiger partial charge on any atom is 0.230 e. The molecule has 4 rings (SSSR count). The van der Waals surface area contributed by atoms with Crippen LogP contribution in [-0.2, 0) is 9.47 Å². The van der Waals surface area contributed by atoms with Gasteiger partial charge in [0, 0.05) is 26.2 Å². The number of ether oxygens (including phenoxy) is 2. The molecule has 0 atom stereocenters. The second-order valence-electron chi connectivity index (χ2n) is 5.16. The first-order valence-corrected chi connectivity index (χ1v) is 7.51. The van der Waals surface area contributed by atoms with Gasteiger partial charge in [0.2, 0.25) is 11.9 Å². The number of anilines is 2. The average Bonchev–Trinajstić information content (AvgIpc) is 3.18. The first-order chi connectivity index (χ1) is 11.4. The molecule has 0 saturated carbocycles. The molecule has 122 valence electrons. The highest BCUT2D eigenvalue weighted by atomic mass is 16.5. The Balaban J connectivity index is 1.70. The summed E-state index contributed by atoms with van der Waals surface area (Å²) in [7, 11) is 0. The molecule has 0 aromatic carbocycles. The summed E-state index contributed by atoms with van der Waals surface area (Å²) < 4.78 is 10.8. The number of hydrogen-bond donors (Lipinski definition) is 0. The summed E-state index contributed by atoms with van der Waals surface area (Å²) in [5.74, 6) is 1.89. The molecule has 23 heavy (non-hydrogen) atoms. The lowest BCUT2D eigenvalue weighted by molar-refractivity contribution is 0.121. The third-order valence-corrected chi connectivity index (χ3v) is 3.72. The van der Waals surface area contributed by atoms with Crippen LogP contribution in [0.3, 0.4) is 0 Å². The molecule has 2 saturated heterocycles. The van der Waals surface area contributed by atoms with Gasteiger partial charge in [-0.05, 0) is 0 Å². The molecule has 2 aliphatic rings. The van der Waals surface area contributed by atoms with Crippen LogP contribution in [0.15, 0.2) is 0 Å². The van der Waals surface area contributed by atoms with Gasteiger partial charge < -0.3 is 24.4 Å². The molecule has 0 radical (unpaired) electrons. The number of morpholine rings is 2. The van der Waals surface area contributed by atoms with E-state index < -0.39 is 0 Å². The van der Waals surface area contributed by atoms with E-state index in [2.05, 4.69) is 45.4 Å². The fourth-order valence-corrected chi connectivity index (χ4v) is 2.50. The third-order valence-electron chi connectivity index (χ3n) is 3.72. The highest BCUT2D eigenvalue weighted by Gasteiger charge is 2.20. The Hall–Kier alpha value is -2.40. The zero-order valence-electron chi connectivity index (χ0n) is 12.5. The van der Waals surface area contributed by atoms with Gasteiger partial charge in [-0.25, -0.2) is 0 Å². The van der Waals surface area contributed by atoms with Crippen molar-refractivity contribution in [1.82, 2.24) is 35.6 Å². The highest BCUT2D eigenvalue weighted by Crippen LogP contribution is 2.19. The molecule has 0 aliphatic carbocycles. The average molecular weight is 318 g/mol. The van der Waals surface area contributed by atoms with Gasteiger partial charge in [-0.2, -0.15) is 20.2 Å². The van der Waals surface area contributed by atoms with Crippen LogP contribution in [0.25, 0.3) is 11.6 Å². The lowest BCUT2D eigenvalue weighted by Crippen LogP contribution is -2.40. The summed E-state index contributed by atoms with van der Waals surface area (Å²) in [6, 6.07) is 0. The molecular weight excluding hydrogens is 302 g/mol. The Morgan fingerprint density at radius 1 is 0.783 bits per heavy atom. The fourth-order valence-electron chi connectivity index (χ4n) is 2.50. The number of rotatable bonds is 3. The zero-order chi connectivity index (χ0) is 15.5. The molecule has 0 N–H and O–H groups in total. The highest BCUT2D eigenvalue weighted by molar-refractivity contribution is 5.50. The molecule has 11 heteroatoms. The van der Waals surface area contributed by atoms with Crippen LogP contribution in [0.5, 0.6) is 0 Å². The minimum absolute atomic E-state index is 0.302. The van der Waals surface area contributed by atoms with E-state index in [-0.39, 0.29) is 0 Å². The van der Waals surface area contributed by atoms with Gasteiger partial charge in [-0.3, -0.25) is 10.3 Å². The topological polar surface area (TPSA) is 116 Å². The Labute approximate surface area is 132 Å². The Bertz CT molecular complexity index is 602. The molecule has 0 amide bonds. The molecule has 2 aromatic heterocycles. The van der Waals surface area contributed by atoms with Crippen LogP contribution in [0.2, 0.25) is 0 Å². The van der Waals surface area contributed by atoms with Crippen LogP contribution in [0.1, 0.15) is 0 Å². The monoisotopic (exact) mass is 318 g/mol. The maximum absolute atomic E-state index is 5.39. The van der Waals surface area contributed by atoms with E-state index in [4.69, 9.17) is 9.47 Å². The Morgan fingerprint density at radius 2 is 1.35 bits per heavy atom. The maximum atomic E-state index is 5.39. The number of nitrogens with zero attached hydrogens (tertiary/aromatic N) is 9. The summed E-state index contributed by atoms with van der Waals surface area (Å²) in [6.45, 7) is 5.59. The molecule has 4 heterocycles.